The maximum Gasteiger partial charge on any atom is 0.228 e. The number of amides is 1. The highest BCUT2D eigenvalue weighted by molar-refractivity contribution is 5.80. The molecule has 0 aromatic heterocycles. The molecule has 90 valence electrons. The van der Waals surface area contributed by atoms with Crippen molar-refractivity contribution in [2.75, 3.05) is 26.3 Å². The quantitative estimate of drug-likeness (QED) is 0.700. The van der Waals surface area contributed by atoms with Gasteiger partial charge in [0.05, 0.1) is 12.5 Å². The van der Waals surface area contributed by atoms with Crippen LogP contribution >= 0.6 is 0 Å². The van der Waals surface area contributed by atoms with E-state index in [4.69, 9.17) is 4.74 Å². The van der Waals surface area contributed by atoms with Gasteiger partial charge in [-0.3, -0.25) is 4.79 Å². The van der Waals surface area contributed by atoms with E-state index in [1.165, 1.54) is 12.8 Å². The molecule has 3 rings (SSSR count). The largest absolute Gasteiger partial charge is 0.381 e. The summed E-state index contributed by atoms with van der Waals surface area (Å²) in [6.07, 6.45) is 4.42. The summed E-state index contributed by atoms with van der Waals surface area (Å²) in [5.41, 5.74) is 0. The van der Waals surface area contributed by atoms with Crippen molar-refractivity contribution in [3.8, 4) is 0 Å². The number of carbonyl (C=O) groups is 1. The fraction of sp³-hybridized carbons (Fsp3) is 0.917. The van der Waals surface area contributed by atoms with Crippen molar-refractivity contribution in [2.24, 2.45) is 5.92 Å². The predicted molar refractivity (Wildman–Crippen MR) is 60.1 cm³/mol. The number of nitrogens with zero attached hydrogens (tertiary/aromatic N) is 1. The minimum absolute atomic E-state index is 0.140. The van der Waals surface area contributed by atoms with E-state index in [-0.39, 0.29) is 5.92 Å². The molecule has 4 heteroatoms. The number of hydrogen-bond donors (Lipinski definition) is 1. The Bertz CT molecular complexity index is 276. The van der Waals surface area contributed by atoms with Gasteiger partial charge in [-0.05, 0) is 32.2 Å². The molecule has 3 atom stereocenters. The standard InChI is InChI=1S/C12H20N2O2/c15-12(9-4-7-16-8-9)14-6-3-10-11(14)2-1-5-13-10/h9-11,13H,1-8H2. The van der Waals surface area contributed by atoms with Crippen LogP contribution in [0.25, 0.3) is 0 Å². The van der Waals surface area contributed by atoms with E-state index in [0.29, 0.717) is 24.6 Å². The highest BCUT2D eigenvalue weighted by Gasteiger charge is 2.40. The van der Waals surface area contributed by atoms with Gasteiger partial charge in [-0.1, -0.05) is 0 Å². The van der Waals surface area contributed by atoms with E-state index in [9.17, 15) is 4.79 Å². The van der Waals surface area contributed by atoms with Gasteiger partial charge in [0.15, 0.2) is 0 Å². The summed E-state index contributed by atoms with van der Waals surface area (Å²) in [6.45, 7) is 3.46. The number of likely N-dealkylation sites (tertiary alicyclic amines) is 1. The molecule has 16 heavy (non-hydrogen) atoms. The summed E-state index contributed by atoms with van der Waals surface area (Å²) < 4.78 is 5.31. The van der Waals surface area contributed by atoms with E-state index in [1.807, 2.05) is 0 Å². The normalized spacial score (nSPS) is 38.8. The lowest BCUT2D eigenvalue weighted by Gasteiger charge is -2.33. The van der Waals surface area contributed by atoms with Crippen LogP contribution in [0.1, 0.15) is 25.7 Å². The lowest BCUT2D eigenvalue weighted by Crippen LogP contribution is -2.49. The van der Waals surface area contributed by atoms with E-state index in [2.05, 4.69) is 10.2 Å². The third-order valence-corrected chi connectivity index (χ3v) is 4.19. The zero-order chi connectivity index (χ0) is 11.0. The molecule has 3 aliphatic heterocycles. The van der Waals surface area contributed by atoms with Gasteiger partial charge >= 0.3 is 0 Å². The maximum atomic E-state index is 12.3. The van der Waals surface area contributed by atoms with Gasteiger partial charge < -0.3 is 15.0 Å². The third kappa shape index (κ3) is 1.74. The van der Waals surface area contributed by atoms with Gasteiger partial charge in [-0.15, -0.1) is 0 Å². The SMILES string of the molecule is O=C(C1CCOC1)N1CCC2NCCCC21. The monoisotopic (exact) mass is 224 g/mol. The van der Waals surface area contributed by atoms with Crippen LogP contribution in [0.15, 0.2) is 0 Å². The van der Waals surface area contributed by atoms with Crippen LogP contribution in [0.2, 0.25) is 0 Å². The first-order valence-corrected chi connectivity index (χ1v) is 6.48. The molecule has 1 amide bonds. The first-order valence-electron chi connectivity index (χ1n) is 6.48. The summed E-state index contributed by atoms with van der Waals surface area (Å²) in [7, 11) is 0. The molecule has 0 saturated carbocycles. The van der Waals surface area contributed by atoms with E-state index in [1.54, 1.807) is 0 Å². The molecule has 4 nitrogen and oxygen atoms in total. The van der Waals surface area contributed by atoms with Crippen LogP contribution in [-0.4, -0.2) is 49.2 Å². The average molecular weight is 224 g/mol. The fourth-order valence-corrected chi connectivity index (χ4v) is 3.28. The zero-order valence-electron chi connectivity index (χ0n) is 9.65. The topological polar surface area (TPSA) is 41.6 Å². The number of piperidine rings is 1. The van der Waals surface area contributed by atoms with Crippen molar-refractivity contribution in [1.82, 2.24) is 10.2 Å². The Morgan fingerprint density at radius 1 is 1.31 bits per heavy atom. The lowest BCUT2D eigenvalue weighted by molar-refractivity contribution is -0.136. The number of fused-ring (bicyclic) bond motifs is 1. The molecule has 0 aliphatic carbocycles. The van der Waals surface area contributed by atoms with E-state index >= 15 is 0 Å². The summed E-state index contributed by atoms with van der Waals surface area (Å²) in [5, 5.41) is 3.53. The molecule has 0 spiro atoms. The Balaban J connectivity index is 1.67. The van der Waals surface area contributed by atoms with Gasteiger partial charge in [-0.25, -0.2) is 0 Å². The summed E-state index contributed by atoms with van der Waals surface area (Å²) in [4.78, 5) is 14.4. The second-order valence-corrected chi connectivity index (χ2v) is 5.15. The van der Waals surface area contributed by atoms with Crippen molar-refractivity contribution < 1.29 is 9.53 Å². The fourth-order valence-electron chi connectivity index (χ4n) is 3.28. The predicted octanol–water partition coefficient (Wildman–Crippen LogP) is 0.376. The molecular formula is C12H20N2O2. The van der Waals surface area contributed by atoms with Crippen LogP contribution < -0.4 is 5.32 Å². The van der Waals surface area contributed by atoms with Gasteiger partial charge in [0, 0.05) is 25.2 Å². The molecule has 3 saturated heterocycles. The molecule has 3 fully saturated rings. The van der Waals surface area contributed by atoms with Crippen LogP contribution in [0.4, 0.5) is 0 Å². The zero-order valence-corrected chi connectivity index (χ0v) is 9.65. The first kappa shape index (κ1) is 10.5. The molecule has 3 heterocycles. The molecule has 0 aromatic carbocycles. The van der Waals surface area contributed by atoms with Crippen LogP contribution in [0.3, 0.4) is 0 Å². The van der Waals surface area contributed by atoms with Crippen molar-refractivity contribution in [2.45, 2.75) is 37.8 Å². The molecule has 3 aliphatic rings. The molecule has 3 unspecified atom stereocenters. The molecular weight excluding hydrogens is 204 g/mol. The van der Waals surface area contributed by atoms with Crippen LogP contribution in [0.5, 0.6) is 0 Å². The second-order valence-electron chi connectivity index (χ2n) is 5.15. The molecule has 0 bridgehead atoms. The number of rotatable bonds is 1. The second kappa shape index (κ2) is 4.34. The van der Waals surface area contributed by atoms with Crippen molar-refractivity contribution in [1.29, 1.82) is 0 Å². The molecule has 0 aromatic rings. The highest BCUT2D eigenvalue weighted by Crippen LogP contribution is 2.28. The van der Waals surface area contributed by atoms with Gasteiger partial charge in [0.2, 0.25) is 5.91 Å². The van der Waals surface area contributed by atoms with Crippen molar-refractivity contribution in [3.63, 3.8) is 0 Å². The summed E-state index contributed by atoms with van der Waals surface area (Å²) in [5.74, 6) is 0.481. The van der Waals surface area contributed by atoms with E-state index < -0.39 is 0 Å². The Labute approximate surface area is 96.3 Å². The van der Waals surface area contributed by atoms with Gasteiger partial charge in [0.25, 0.3) is 0 Å². The number of hydrogen-bond acceptors (Lipinski definition) is 3. The Hall–Kier alpha value is -0.610. The Morgan fingerprint density at radius 3 is 3.06 bits per heavy atom. The van der Waals surface area contributed by atoms with Crippen LogP contribution in [0, 0.1) is 5.92 Å². The Morgan fingerprint density at radius 2 is 2.25 bits per heavy atom. The smallest absolute Gasteiger partial charge is 0.228 e. The summed E-state index contributed by atoms with van der Waals surface area (Å²) in [6, 6.07) is 1.02. The Kier molecular flexibility index (Phi) is 2.86. The number of carbonyl (C=O) groups excluding carboxylic acids is 1. The maximum absolute atomic E-state index is 12.3. The van der Waals surface area contributed by atoms with Crippen molar-refractivity contribution in [3.05, 3.63) is 0 Å². The van der Waals surface area contributed by atoms with Gasteiger partial charge in [-0.2, -0.15) is 0 Å². The lowest BCUT2D eigenvalue weighted by atomic mass is 9.98. The first-order chi connectivity index (χ1) is 7.86. The van der Waals surface area contributed by atoms with Gasteiger partial charge in [0.1, 0.15) is 0 Å². The molecule has 1 N–H and O–H groups in total. The number of ether oxygens (including phenoxy) is 1. The minimum Gasteiger partial charge on any atom is -0.381 e. The number of nitrogens with one attached hydrogen (secondary N) is 1. The van der Waals surface area contributed by atoms with Crippen molar-refractivity contribution >= 4 is 5.91 Å². The molecule has 0 radical (unpaired) electrons. The van der Waals surface area contributed by atoms with Crippen LogP contribution in [-0.2, 0) is 9.53 Å². The average Bonchev–Trinajstić information content (AvgIpc) is 2.98. The van der Waals surface area contributed by atoms with E-state index in [0.717, 1.165) is 32.5 Å². The highest BCUT2D eigenvalue weighted by atomic mass is 16.5. The summed E-state index contributed by atoms with van der Waals surface area (Å²) >= 11 is 0. The minimum atomic E-state index is 0.140. The third-order valence-electron chi connectivity index (χ3n) is 4.19.